The fourth-order valence-electron chi connectivity index (χ4n) is 3.93. The molecule has 0 saturated heterocycles. The lowest BCUT2D eigenvalue weighted by molar-refractivity contribution is -0.115. The maximum atomic E-state index is 12.0. The van der Waals surface area contributed by atoms with E-state index in [0.29, 0.717) is 12.4 Å². The Kier molecular flexibility index (Phi) is 5.81. The molecule has 4 nitrogen and oxygen atoms in total. The topological polar surface area (TPSA) is 42.4 Å². The van der Waals surface area contributed by atoms with Gasteiger partial charge in [-0.1, -0.05) is 42.4 Å². The summed E-state index contributed by atoms with van der Waals surface area (Å²) in [7, 11) is 1.63. The van der Waals surface area contributed by atoms with Crippen molar-refractivity contribution >= 4 is 28.7 Å². The van der Waals surface area contributed by atoms with Crippen molar-refractivity contribution in [1.29, 1.82) is 0 Å². The molecule has 1 atom stereocenters. The number of hydrogen-bond acceptors (Lipinski definition) is 5. The lowest BCUT2D eigenvalue weighted by Crippen LogP contribution is -2.36. The van der Waals surface area contributed by atoms with Crippen molar-refractivity contribution in [2.75, 3.05) is 20.2 Å². The number of fused-ring (bicyclic) bond motifs is 1. The SMILES string of the molecule is C=CC(=O)CN1Cc2sc(Cl)cc2[C@H](c2ccccc2-c2cccnc2OC)C1. The Morgan fingerprint density at radius 3 is 2.90 bits per heavy atom. The predicted octanol–water partition coefficient (Wildman–Crippen LogP) is 5.17. The molecule has 3 aromatic rings. The Balaban J connectivity index is 1.81. The molecule has 0 saturated carbocycles. The first-order valence-electron chi connectivity index (χ1n) is 9.34. The predicted molar refractivity (Wildman–Crippen MR) is 118 cm³/mol. The number of rotatable bonds is 6. The smallest absolute Gasteiger partial charge is 0.221 e. The minimum Gasteiger partial charge on any atom is -0.481 e. The first-order valence-corrected chi connectivity index (χ1v) is 10.5. The molecule has 1 aromatic carbocycles. The molecule has 0 spiro atoms. The lowest BCUT2D eigenvalue weighted by Gasteiger charge is -2.33. The van der Waals surface area contributed by atoms with Gasteiger partial charge in [-0.05, 0) is 41.0 Å². The quantitative estimate of drug-likeness (QED) is 0.511. The number of benzene rings is 1. The van der Waals surface area contributed by atoms with E-state index in [1.165, 1.54) is 22.1 Å². The van der Waals surface area contributed by atoms with Crippen LogP contribution in [0.25, 0.3) is 11.1 Å². The Hall–Kier alpha value is -2.47. The molecule has 0 bridgehead atoms. The van der Waals surface area contributed by atoms with Crippen LogP contribution in [-0.4, -0.2) is 35.9 Å². The molecule has 6 heteroatoms. The summed E-state index contributed by atoms with van der Waals surface area (Å²) >= 11 is 7.96. The molecular formula is C23H21ClN2O2S. The van der Waals surface area contributed by atoms with E-state index in [9.17, 15) is 4.79 Å². The molecule has 148 valence electrons. The summed E-state index contributed by atoms with van der Waals surface area (Å²) in [4.78, 5) is 19.7. The molecule has 0 amide bonds. The van der Waals surface area contributed by atoms with Crippen LogP contribution in [0.5, 0.6) is 5.88 Å². The molecule has 3 heterocycles. The molecule has 0 fully saturated rings. The van der Waals surface area contributed by atoms with Crippen molar-refractivity contribution in [3.05, 3.63) is 81.7 Å². The Morgan fingerprint density at radius 2 is 2.10 bits per heavy atom. The molecule has 0 N–H and O–H groups in total. The first kappa shape index (κ1) is 19.8. The minimum absolute atomic E-state index is 0.0251. The second-order valence-electron chi connectivity index (χ2n) is 6.97. The van der Waals surface area contributed by atoms with E-state index >= 15 is 0 Å². The van der Waals surface area contributed by atoms with E-state index in [0.717, 1.165) is 28.6 Å². The Bertz CT molecular complexity index is 1060. The monoisotopic (exact) mass is 424 g/mol. The molecule has 0 unspecified atom stereocenters. The van der Waals surface area contributed by atoms with Gasteiger partial charge in [-0.15, -0.1) is 11.3 Å². The zero-order valence-electron chi connectivity index (χ0n) is 16.1. The molecule has 4 rings (SSSR count). The zero-order chi connectivity index (χ0) is 20.4. The number of carbonyl (C=O) groups excluding carboxylic acids is 1. The Labute approximate surface area is 179 Å². The highest BCUT2D eigenvalue weighted by Crippen LogP contribution is 2.43. The molecule has 0 radical (unpaired) electrons. The number of halogens is 1. The summed E-state index contributed by atoms with van der Waals surface area (Å²) < 4.78 is 6.28. The van der Waals surface area contributed by atoms with Crippen LogP contribution in [0.3, 0.4) is 0 Å². The van der Waals surface area contributed by atoms with E-state index in [1.54, 1.807) is 24.6 Å². The normalized spacial score (nSPS) is 16.3. The van der Waals surface area contributed by atoms with Gasteiger partial charge in [-0.25, -0.2) is 4.98 Å². The van der Waals surface area contributed by atoms with Crippen LogP contribution in [0, 0.1) is 0 Å². The van der Waals surface area contributed by atoms with E-state index in [1.807, 2.05) is 24.3 Å². The molecule has 2 aromatic heterocycles. The number of ether oxygens (including phenoxy) is 1. The van der Waals surface area contributed by atoms with Crippen LogP contribution in [0.4, 0.5) is 0 Å². The van der Waals surface area contributed by atoms with Crippen LogP contribution in [0.1, 0.15) is 21.9 Å². The van der Waals surface area contributed by atoms with Gasteiger partial charge in [0, 0.05) is 35.6 Å². The number of ketones is 1. The second-order valence-corrected chi connectivity index (χ2v) is 8.74. The van der Waals surface area contributed by atoms with E-state index in [2.05, 4.69) is 34.7 Å². The zero-order valence-corrected chi connectivity index (χ0v) is 17.7. The molecule has 0 aliphatic carbocycles. The third kappa shape index (κ3) is 3.99. The second kappa shape index (κ2) is 8.49. The highest BCUT2D eigenvalue weighted by molar-refractivity contribution is 7.16. The maximum Gasteiger partial charge on any atom is 0.221 e. The molecule has 1 aliphatic heterocycles. The van der Waals surface area contributed by atoms with Gasteiger partial charge >= 0.3 is 0 Å². The minimum atomic E-state index is 0.0251. The van der Waals surface area contributed by atoms with Crippen molar-refractivity contribution < 1.29 is 9.53 Å². The molecule has 1 aliphatic rings. The van der Waals surface area contributed by atoms with Gasteiger partial charge in [0.1, 0.15) is 0 Å². The van der Waals surface area contributed by atoms with Crippen molar-refractivity contribution in [3.8, 4) is 17.0 Å². The number of methoxy groups -OCH3 is 1. The number of pyridine rings is 1. The summed E-state index contributed by atoms with van der Waals surface area (Å²) in [5.41, 5.74) is 4.43. The summed E-state index contributed by atoms with van der Waals surface area (Å²) in [6, 6.07) is 14.3. The standard InChI is InChI=1S/C23H21ClN2O2S/c1-3-15(27)12-26-13-20(19-11-22(24)29-21(19)14-26)17-8-5-4-7-16(17)18-9-6-10-25-23(18)28-2/h3-11,20H,1,12-14H2,2H3/t20-/m0/s1. The van der Waals surface area contributed by atoms with Gasteiger partial charge in [-0.2, -0.15) is 0 Å². The maximum absolute atomic E-state index is 12.0. The van der Waals surface area contributed by atoms with Crippen LogP contribution in [0.2, 0.25) is 4.34 Å². The van der Waals surface area contributed by atoms with Crippen molar-refractivity contribution in [3.63, 3.8) is 0 Å². The number of hydrogen-bond donors (Lipinski definition) is 0. The van der Waals surface area contributed by atoms with Gasteiger partial charge in [0.15, 0.2) is 5.78 Å². The van der Waals surface area contributed by atoms with Gasteiger partial charge in [0.25, 0.3) is 0 Å². The highest BCUT2D eigenvalue weighted by Gasteiger charge is 2.31. The van der Waals surface area contributed by atoms with Gasteiger partial charge in [-0.3, -0.25) is 9.69 Å². The first-order chi connectivity index (χ1) is 14.1. The molecular weight excluding hydrogens is 404 g/mol. The summed E-state index contributed by atoms with van der Waals surface area (Å²) in [5.74, 6) is 0.719. The number of nitrogens with zero attached hydrogens (tertiary/aromatic N) is 2. The van der Waals surface area contributed by atoms with Crippen LogP contribution in [0.15, 0.2) is 61.3 Å². The summed E-state index contributed by atoms with van der Waals surface area (Å²) in [6.07, 6.45) is 3.12. The van der Waals surface area contributed by atoms with Gasteiger partial charge in [0.2, 0.25) is 5.88 Å². The van der Waals surface area contributed by atoms with Gasteiger partial charge < -0.3 is 4.74 Å². The average molecular weight is 425 g/mol. The number of aromatic nitrogens is 1. The lowest BCUT2D eigenvalue weighted by atomic mass is 9.84. The highest BCUT2D eigenvalue weighted by atomic mass is 35.5. The molecule has 29 heavy (non-hydrogen) atoms. The third-order valence-corrected chi connectivity index (χ3v) is 6.46. The van der Waals surface area contributed by atoms with Gasteiger partial charge in [0.05, 0.1) is 18.0 Å². The average Bonchev–Trinajstić information content (AvgIpc) is 3.13. The summed E-state index contributed by atoms with van der Waals surface area (Å²) in [6.45, 7) is 5.42. The van der Waals surface area contributed by atoms with Crippen molar-refractivity contribution in [2.24, 2.45) is 0 Å². The number of thiophene rings is 1. The fraction of sp³-hybridized carbons (Fsp3) is 0.217. The van der Waals surface area contributed by atoms with Crippen LogP contribution >= 0.6 is 22.9 Å². The van der Waals surface area contributed by atoms with Crippen molar-refractivity contribution in [1.82, 2.24) is 9.88 Å². The third-order valence-electron chi connectivity index (χ3n) is 5.19. The number of carbonyl (C=O) groups is 1. The fourth-order valence-corrected chi connectivity index (χ4v) is 5.31. The summed E-state index contributed by atoms with van der Waals surface area (Å²) in [5, 5.41) is 0. The van der Waals surface area contributed by atoms with E-state index < -0.39 is 0 Å². The van der Waals surface area contributed by atoms with Crippen molar-refractivity contribution in [2.45, 2.75) is 12.5 Å². The Morgan fingerprint density at radius 1 is 1.31 bits per heavy atom. The van der Waals surface area contributed by atoms with Crippen LogP contribution in [-0.2, 0) is 11.3 Å². The van der Waals surface area contributed by atoms with E-state index in [-0.39, 0.29) is 11.7 Å². The van der Waals surface area contributed by atoms with Crippen LogP contribution < -0.4 is 4.74 Å². The van der Waals surface area contributed by atoms with E-state index in [4.69, 9.17) is 16.3 Å². The largest absolute Gasteiger partial charge is 0.481 e.